The van der Waals surface area contributed by atoms with E-state index < -0.39 is 0 Å². The number of H-pyrrole nitrogens is 1. The van der Waals surface area contributed by atoms with Crippen LogP contribution in [0.5, 0.6) is 0 Å². The van der Waals surface area contributed by atoms with E-state index in [9.17, 15) is 9.59 Å². The Bertz CT molecular complexity index is 1280. The molecule has 5 rings (SSSR count). The number of ether oxygens (including phenoxy) is 1. The summed E-state index contributed by atoms with van der Waals surface area (Å²) in [7, 11) is 0. The van der Waals surface area contributed by atoms with Gasteiger partial charge < -0.3 is 19.9 Å². The second-order valence-corrected chi connectivity index (χ2v) is 8.33. The second-order valence-electron chi connectivity index (χ2n) is 8.33. The summed E-state index contributed by atoms with van der Waals surface area (Å²) in [5.74, 6) is 0.605. The maximum absolute atomic E-state index is 12.8. The Balaban J connectivity index is 1.15. The average molecular weight is 456 g/mol. The molecule has 0 unspecified atom stereocenters. The first-order valence-electron chi connectivity index (χ1n) is 11.3. The molecule has 3 heterocycles. The van der Waals surface area contributed by atoms with Crippen LogP contribution >= 0.6 is 0 Å². The number of amides is 2. The van der Waals surface area contributed by atoms with Crippen LogP contribution in [-0.4, -0.2) is 51.0 Å². The van der Waals surface area contributed by atoms with Gasteiger partial charge in [-0.1, -0.05) is 30.3 Å². The van der Waals surface area contributed by atoms with Crippen molar-refractivity contribution in [3.63, 3.8) is 0 Å². The minimum Gasteiger partial charge on any atom is -0.445 e. The molecule has 2 aromatic heterocycles. The van der Waals surface area contributed by atoms with Crippen molar-refractivity contribution >= 4 is 23.0 Å². The number of aromatic amines is 1. The molecule has 1 fully saturated rings. The van der Waals surface area contributed by atoms with Crippen molar-refractivity contribution in [3.05, 3.63) is 84.2 Å². The van der Waals surface area contributed by atoms with E-state index in [2.05, 4.69) is 20.3 Å². The number of hydrogen-bond donors (Lipinski definition) is 2. The number of carbonyl (C=O) groups excluding carboxylic acids is 2. The fourth-order valence-electron chi connectivity index (χ4n) is 4.08. The third-order valence-electron chi connectivity index (χ3n) is 5.99. The monoisotopic (exact) mass is 455 g/mol. The van der Waals surface area contributed by atoms with Crippen molar-refractivity contribution in [2.45, 2.75) is 25.5 Å². The van der Waals surface area contributed by atoms with E-state index in [0.717, 1.165) is 28.0 Å². The Hall–Kier alpha value is -4.20. The van der Waals surface area contributed by atoms with Gasteiger partial charge >= 0.3 is 6.09 Å². The highest BCUT2D eigenvalue weighted by Gasteiger charge is 2.25. The Labute approximate surface area is 197 Å². The van der Waals surface area contributed by atoms with Gasteiger partial charge in [0.2, 0.25) is 0 Å². The lowest BCUT2D eigenvalue weighted by Crippen LogP contribution is -2.46. The van der Waals surface area contributed by atoms with Crippen LogP contribution in [0.1, 0.15) is 28.8 Å². The minimum absolute atomic E-state index is 0.00974. The summed E-state index contributed by atoms with van der Waals surface area (Å²) in [5, 5.41) is 3.10. The molecule has 1 aliphatic rings. The lowest BCUT2D eigenvalue weighted by molar-refractivity contribution is 0.0809. The summed E-state index contributed by atoms with van der Waals surface area (Å²) >= 11 is 0. The number of rotatable bonds is 5. The van der Waals surface area contributed by atoms with E-state index >= 15 is 0 Å². The number of carbonyl (C=O) groups is 2. The number of nitrogens with zero attached hydrogens (tertiary/aromatic N) is 3. The molecular weight excluding hydrogens is 430 g/mol. The lowest BCUT2D eigenvalue weighted by Gasteiger charge is -2.31. The number of nitrogens with one attached hydrogen (secondary N) is 2. The first-order valence-corrected chi connectivity index (χ1v) is 11.3. The van der Waals surface area contributed by atoms with Crippen molar-refractivity contribution in [2.24, 2.45) is 0 Å². The number of likely N-dealkylation sites (tertiary alicyclic amines) is 1. The third-order valence-corrected chi connectivity index (χ3v) is 5.99. The van der Waals surface area contributed by atoms with Crippen LogP contribution in [0.25, 0.3) is 22.4 Å². The largest absolute Gasteiger partial charge is 0.445 e. The summed E-state index contributed by atoms with van der Waals surface area (Å²) < 4.78 is 5.41. The minimum atomic E-state index is -0.316. The standard InChI is InChI=1S/C26H25N5O3/c32-25(20-6-7-22-23(16-20)30-24(29-22)19-8-12-27-13-9-19)28-21-10-14-31(15-11-21)26(33)34-17-18-4-2-1-3-5-18/h1-9,12-13,16,21H,10-11,14-15,17H2,(H,28,32)(H,29,30). The molecule has 8 heteroatoms. The zero-order valence-electron chi connectivity index (χ0n) is 18.6. The van der Waals surface area contributed by atoms with Crippen LogP contribution in [0.15, 0.2) is 73.1 Å². The van der Waals surface area contributed by atoms with E-state index in [-0.39, 0.29) is 24.6 Å². The molecule has 1 aliphatic heterocycles. The highest BCUT2D eigenvalue weighted by Crippen LogP contribution is 2.21. The number of pyridine rings is 1. The quantitative estimate of drug-likeness (QED) is 0.471. The van der Waals surface area contributed by atoms with Crippen LogP contribution in [0.4, 0.5) is 4.79 Å². The number of hydrogen-bond acceptors (Lipinski definition) is 5. The number of piperidine rings is 1. The second kappa shape index (κ2) is 9.74. The Morgan fingerprint density at radius 1 is 1.03 bits per heavy atom. The molecular formula is C26H25N5O3. The van der Waals surface area contributed by atoms with Crippen molar-refractivity contribution < 1.29 is 14.3 Å². The van der Waals surface area contributed by atoms with Crippen LogP contribution < -0.4 is 5.32 Å². The maximum atomic E-state index is 12.8. The Morgan fingerprint density at radius 3 is 2.56 bits per heavy atom. The van der Waals surface area contributed by atoms with Crippen molar-refractivity contribution in [3.8, 4) is 11.4 Å². The first kappa shape index (κ1) is 21.6. The van der Waals surface area contributed by atoms with E-state index in [1.54, 1.807) is 23.4 Å². The molecule has 2 N–H and O–H groups in total. The van der Waals surface area contributed by atoms with Gasteiger partial charge in [-0.3, -0.25) is 9.78 Å². The predicted molar refractivity (Wildman–Crippen MR) is 128 cm³/mol. The van der Waals surface area contributed by atoms with Gasteiger partial charge in [-0.2, -0.15) is 0 Å². The number of imidazole rings is 1. The zero-order valence-corrected chi connectivity index (χ0v) is 18.6. The van der Waals surface area contributed by atoms with Gasteiger partial charge in [-0.05, 0) is 48.7 Å². The summed E-state index contributed by atoms with van der Waals surface area (Å²) in [6.07, 6.45) is 4.49. The molecule has 0 bridgehead atoms. The highest BCUT2D eigenvalue weighted by atomic mass is 16.6. The Morgan fingerprint density at radius 2 is 1.79 bits per heavy atom. The molecule has 4 aromatic rings. The number of fused-ring (bicyclic) bond motifs is 1. The van der Waals surface area contributed by atoms with Gasteiger partial charge in [0.05, 0.1) is 11.0 Å². The fourth-order valence-corrected chi connectivity index (χ4v) is 4.08. The molecule has 0 atom stereocenters. The van der Waals surface area contributed by atoms with Gasteiger partial charge in [0.25, 0.3) is 5.91 Å². The molecule has 2 aromatic carbocycles. The van der Waals surface area contributed by atoms with Crippen molar-refractivity contribution in [2.75, 3.05) is 13.1 Å². The molecule has 1 saturated heterocycles. The van der Waals surface area contributed by atoms with E-state index in [1.807, 2.05) is 54.6 Å². The summed E-state index contributed by atoms with van der Waals surface area (Å²) in [6, 6.07) is 18.8. The summed E-state index contributed by atoms with van der Waals surface area (Å²) in [4.78, 5) is 38.8. The van der Waals surface area contributed by atoms with Crippen molar-refractivity contribution in [1.29, 1.82) is 0 Å². The van der Waals surface area contributed by atoms with Crippen LogP contribution in [0, 0.1) is 0 Å². The lowest BCUT2D eigenvalue weighted by atomic mass is 10.0. The third kappa shape index (κ3) is 4.91. The Kier molecular flexibility index (Phi) is 6.20. The average Bonchev–Trinajstić information content (AvgIpc) is 3.32. The fraction of sp³-hybridized carbons (Fsp3) is 0.231. The molecule has 2 amide bonds. The van der Waals surface area contributed by atoms with Gasteiger partial charge in [-0.25, -0.2) is 9.78 Å². The summed E-state index contributed by atoms with van der Waals surface area (Å²) in [5.41, 5.74) is 4.06. The molecule has 172 valence electrons. The predicted octanol–water partition coefficient (Wildman–Crippen LogP) is 4.16. The molecule has 34 heavy (non-hydrogen) atoms. The van der Waals surface area contributed by atoms with Gasteiger partial charge in [0.15, 0.2) is 0 Å². The molecule has 8 nitrogen and oxygen atoms in total. The van der Waals surface area contributed by atoms with Crippen LogP contribution in [0.2, 0.25) is 0 Å². The zero-order chi connectivity index (χ0) is 23.3. The topological polar surface area (TPSA) is 100 Å². The molecule has 0 radical (unpaired) electrons. The normalized spacial score (nSPS) is 14.2. The van der Waals surface area contributed by atoms with Crippen LogP contribution in [-0.2, 0) is 11.3 Å². The molecule has 0 saturated carbocycles. The van der Waals surface area contributed by atoms with Gasteiger partial charge in [0.1, 0.15) is 12.4 Å². The highest BCUT2D eigenvalue weighted by molar-refractivity contribution is 5.97. The van der Waals surface area contributed by atoms with E-state index in [0.29, 0.717) is 31.5 Å². The van der Waals surface area contributed by atoms with Crippen LogP contribution in [0.3, 0.4) is 0 Å². The first-order chi connectivity index (χ1) is 16.7. The SMILES string of the molecule is O=C(NC1CCN(C(=O)OCc2ccccc2)CC1)c1ccc2nc(-c3ccncc3)[nH]c2c1. The van der Waals surface area contributed by atoms with E-state index in [4.69, 9.17) is 4.74 Å². The van der Waals surface area contributed by atoms with Gasteiger partial charge in [0, 0.05) is 42.7 Å². The van der Waals surface area contributed by atoms with E-state index in [1.165, 1.54) is 0 Å². The van der Waals surface area contributed by atoms with Gasteiger partial charge in [-0.15, -0.1) is 0 Å². The maximum Gasteiger partial charge on any atom is 0.410 e. The number of aromatic nitrogens is 3. The van der Waals surface area contributed by atoms with Crippen molar-refractivity contribution in [1.82, 2.24) is 25.2 Å². The molecule has 0 aliphatic carbocycles. The number of benzene rings is 2. The smallest absolute Gasteiger partial charge is 0.410 e. The molecule has 0 spiro atoms. The summed E-state index contributed by atoms with van der Waals surface area (Å²) in [6.45, 7) is 1.36.